The van der Waals surface area contributed by atoms with Crippen molar-refractivity contribution in [2.75, 3.05) is 19.8 Å². The van der Waals surface area contributed by atoms with Gasteiger partial charge >= 0.3 is 0 Å². The van der Waals surface area contributed by atoms with Crippen molar-refractivity contribution in [3.63, 3.8) is 0 Å². The molecule has 0 aliphatic carbocycles. The molecule has 0 radical (unpaired) electrons. The number of nitrogens with one attached hydrogen (secondary N) is 1. The molecular weight excluding hydrogens is 277 g/mol. The van der Waals surface area contributed by atoms with E-state index in [0.717, 1.165) is 12.8 Å². The van der Waals surface area contributed by atoms with Gasteiger partial charge < -0.3 is 10.1 Å². The second kappa shape index (κ2) is 6.00. The Hall–Kier alpha value is -0.640. The first-order valence-corrected chi connectivity index (χ1v) is 7.49. The predicted octanol–water partition coefficient (Wildman–Crippen LogP) is 3.92. The summed E-state index contributed by atoms with van der Waals surface area (Å²) in [5.41, 5.74) is 0.346. The van der Waals surface area contributed by atoms with Crippen molar-refractivity contribution in [2.45, 2.75) is 44.6 Å². The van der Waals surface area contributed by atoms with Gasteiger partial charge in [0.25, 0.3) is 0 Å². The summed E-state index contributed by atoms with van der Waals surface area (Å²) in [7, 11) is 0. The number of rotatable bonds is 3. The molecule has 1 aliphatic rings. The van der Waals surface area contributed by atoms with Gasteiger partial charge in [0.05, 0.1) is 0 Å². The Morgan fingerprint density at radius 1 is 1.30 bits per heavy atom. The molecule has 1 heterocycles. The van der Waals surface area contributed by atoms with E-state index >= 15 is 0 Å². The fourth-order valence-corrected chi connectivity index (χ4v) is 3.08. The molecule has 0 spiro atoms. The molecule has 2 nitrogen and oxygen atoms in total. The van der Waals surface area contributed by atoms with Crippen LogP contribution >= 0.6 is 11.6 Å². The minimum atomic E-state index is -0.284. The molecule has 0 atom stereocenters. The van der Waals surface area contributed by atoms with Crippen molar-refractivity contribution in [2.24, 2.45) is 0 Å². The summed E-state index contributed by atoms with van der Waals surface area (Å²) in [6.45, 7) is 8.35. The lowest BCUT2D eigenvalue weighted by Gasteiger charge is -2.40. The Kier molecular flexibility index (Phi) is 4.73. The topological polar surface area (TPSA) is 21.3 Å². The van der Waals surface area contributed by atoms with Gasteiger partial charge in [-0.1, -0.05) is 17.7 Å². The largest absolute Gasteiger partial charge is 0.381 e. The maximum atomic E-state index is 14.3. The first-order valence-electron chi connectivity index (χ1n) is 7.11. The molecule has 0 saturated carbocycles. The molecule has 1 aliphatic heterocycles. The minimum Gasteiger partial charge on any atom is -0.381 e. The van der Waals surface area contributed by atoms with E-state index in [1.54, 1.807) is 12.1 Å². The van der Waals surface area contributed by atoms with Crippen LogP contribution in [0.5, 0.6) is 0 Å². The van der Waals surface area contributed by atoms with Gasteiger partial charge in [-0.25, -0.2) is 4.39 Å². The molecule has 1 aromatic carbocycles. The lowest BCUT2D eigenvalue weighted by atomic mass is 9.73. The van der Waals surface area contributed by atoms with Gasteiger partial charge in [0.15, 0.2) is 0 Å². The van der Waals surface area contributed by atoms with Crippen LogP contribution in [0.1, 0.15) is 39.2 Å². The van der Waals surface area contributed by atoms with Crippen LogP contribution in [0.2, 0.25) is 5.02 Å². The van der Waals surface area contributed by atoms with Gasteiger partial charge in [-0.2, -0.15) is 0 Å². The summed E-state index contributed by atoms with van der Waals surface area (Å²) >= 11 is 6.29. The van der Waals surface area contributed by atoms with Gasteiger partial charge in [-0.05, 0) is 45.7 Å². The van der Waals surface area contributed by atoms with Crippen LogP contribution in [0.25, 0.3) is 0 Å². The molecule has 112 valence electrons. The molecule has 1 N–H and O–H groups in total. The van der Waals surface area contributed by atoms with Gasteiger partial charge in [0.2, 0.25) is 0 Å². The van der Waals surface area contributed by atoms with Crippen LogP contribution in [-0.4, -0.2) is 25.3 Å². The lowest BCUT2D eigenvalue weighted by molar-refractivity contribution is 0.0464. The van der Waals surface area contributed by atoms with E-state index in [2.05, 4.69) is 26.1 Å². The van der Waals surface area contributed by atoms with E-state index in [4.69, 9.17) is 16.3 Å². The second-order valence-corrected chi connectivity index (χ2v) is 7.00. The number of hydrogen-bond acceptors (Lipinski definition) is 2. The van der Waals surface area contributed by atoms with Crippen molar-refractivity contribution < 1.29 is 9.13 Å². The number of benzene rings is 1. The maximum absolute atomic E-state index is 14.3. The third-order valence-corrected chi connectivity index (χ3v) is 4.22. The monoisotopic (exact) mass is 299 g/mol. The molecule has 0 unspecified atom stereocenters. The van der Waals surface area contributed by atoms with Crippen LogP contribution in [0.4, 0.5) is 4.39 Å². The number of halogens is 2. The van der Waals surface area contributed by atoms with E-state index in [-0.39, 0.29) is 16.8 Å². The molecule has 4 heteroatoms. The average molecular weight is 300 g/mol. The fourth-order valence-electron chi connectivity index (χ4n) is 2.72. The lowest BCUT2D eigenvalue weighted by Crippen LogP contribution is -2.49. The summed E-state index contributed by atoms with van der Waals surface area (Å²) in [4.78, 5) is 0. The molecule has 1 fully saturated rings. The van der Waals surface area contributed by atoms with Crippen LogP contribution in [0.15, 0.2) is 18.2 Å². The highest BCUT2D eigenvalue weighted by Gasteiger charge is 2.38. The SMILES string of the molecule is CC(C)(C)NCC1(c2c(F)cccc2Cl)CCOCC1. The smallest absolute Gasteiger partial charge is 0.128 e. The van der Waals surface area contributed by atoms with E-state index in [1.165, 1.54) is 6.07 Å². The first kappa shape index (κ1) is 15.7. The van der Waals surface area contributed by atoms with Gasteiger partial charge in [-0.3, -0.25) is 0 Å². The second-order valence-electron chi connectivity index (χ2n) is 6.59. The highest BCUT2D eigenvalue weighted by molar-refractivity contribution is 6.31. The summed E-state index contributed by atoms with van der Waals surface area (Å²) in [6, 6.07) is 4.93. The van der Waals surface area contributed by atoms with E-state index in [0.29, 0.717) is 30.3 Å². The Balaban J connectivity index is 2.36. The van der Waals surface area contributed by atoms with Crippen LogP contribution < -0.4 is 5.32 Å². The van der Waals surface area contributed by atoms with Crippen molar-refractivity contribution in [1.29, 1.82) is 0 Å². The zero-order valence-electron chi connectivity index (χ0n) is 12.4. The normalized spacial score (nSPS) is 19.1. The third kappa shape index (κ3) is 3.51. The highest BCUT2D eigenvalue weighted by Crippen LogP contribution is 2.40. The molecule has 0 bridgehead atoms. The summed E-state index contributed by atoms with van der Waals surface area (Å²) < 4.78 is 19.8. The van der Waals surface area contributed by atoms with Crippen molar-refractivity contribution in [3.8, 4) is 0 Å². The van der Waals surface area contributed by atoms with Crippen LogP contribution in [0.3, 0.4) is 0 Å². The molecule has 1 aromatic rings. The summed E-state index contributed by atoms with van der Waals surface area (Å²) in [5.74, 6) is -0.213. The molecule has 20 heavy (non-hydrogen) atoms. The van der Waals surface area contributed by atoms with E-state index in [1.807, 2.05) is 0 Å². The standard InChI is InChI=1S/C16H23ClFNO/c1-15(2,3)19-11-16(7-9-20-10-8-16)14-12(17)5-4-6-13(14)18/h4-6,19H,7-11H2,1-3H3. The van der Waals surface area contributed by atoms with E-state index < -0.39 is 0 Å². The zero-order valence-corrected chi connectivity index (χ0v) is 13.2. The Morgan fingerprint density at radius 3 is 2.50 bits per heavy atom. The molecule has 1 saturated heterocycles. The van der Waals surface area contributed by atoms with E-state index in [9.17, 15) is 4.39 Å². The summed E-state index contributed by atoms with van der Waals surface area (Å²) in [6.07, 6.45) is 1.58. The summed E-state index contributed by atoms with van der Waals surface area (Å²) in [5, 5.41) is 4.02. The molecule has 0 amide bonds. The fraction of sp³-hybridized carbons (Fsp3) is 0.625. The highest BCUT2D eigenvalue weighted by atomic mass is 35.5. The van der Waals surface area contributed by atoms with Gasteiger partial charge in [0.1, 0.15) is 5.82 Å². The molecule has 0 aromatic heterocycles. The predicted molar refractivity (Wildman–Crippen MR) is 80.9 cm³/mol. The minimum absolute atomic E-state index is 0.0109. The van der Waals surface area contributed by atoms with Crippen molar-refractivity contribution in [1.82, 2.24) is 5.32 Å². The Morgan fingerprint density at radius 2 is 1.95 bits per heavy atom. The van der Waals surface area contributed by atoms with Gasteiger partial charge in [0, 0.05) is 41.3 Å². The molecular formula is C16H23ClFNO. The Bertz CT molecular complexity index is 444. The quantitative estimate of drug-likeness (QED) is 0.913. The zero-order chi connectivity index (χ0) is 14.8. The maximum Gasteiger partial charge on any atom is 0.128 e. The average Bonchev–Trinajstić information content (AvgIpc) is 2.37. The van der Waals surface area contributed by atoms with Crippen LogP contribution in [0, 0.1) is 5.82 Å². The number of hydrogen-bond donors (Lipinski definition) is 1. The Labute approximate surface area is 125 Å². The van der Waals surface area contributed by atoms with Crippen molar-refractivity contribution >= 4 is 11.6 Å². The first-order chi connectivity index (χ1) is 9.34. The third-order valence-electron chi connectivity index (χ3n) is 3.90. The van der Waals surface area contributed by atoms with Gasteiger partial charge in [-0.15, -0.1) is 0 Å². The van der Waals surface area contributed by atoms with Crippen LogP contribution in [-0.2, 0) is 10.2 Å². The number of ether oxygens (including phenoxy) is 1. The van der Waals surface area contributed by atoms with Crippen molar-refractivity contribution in [3.05, 3.63) is 34.6 Å². The molecule has 2 rings (SSSR count).